The highest BCUT2D eigenvalue weighted by Crippen LogP contribution is 2.20. The van der Waals surface area contributed by atoms with Crippen LogP contribution in [-0.2, 0) is 13.0 Å². The van der Waals surface area contributed by atoms with Crippen LogP contribution in [0.3, 0.4) is 0 Å². The lowest BCUT2D eigenvalue weighted by atomic mass is 10.0. The number of carboxylic acids is 1. The summed E-state index contributed by atoms with van der Waals surface area (Å²) in [6.07, 6.45) is 10.7. The minimum Gasteiger partial charge on any atom is -0.493 e. The Morgan fingerprint density at radius 3 is 2.58 bits per heavy atom. The largest absolute Gasteiger partial charge is 0.493 e. The molecule has 0 aliphatic carbocycles. The zero-order chi connectivity index (χ0) is 23.5. The number of carboxylic acid groups (broad SMARTS) is 1. The van der Waals surface area contributed by atoms with E-state index in [9.17, 15) is 4.79 Å². The number of aryl methyl sites for hydroxylation is 1. The van der Waals surface area contributed by atoms with Crippen LogP contribution in [0.15, 0.2) is 59.8 Å². The van der Waals surface area contributed by atoms with Gasteiger partial charge in [0.2, 0.25) is 0 Å². The molecule has 1 N–H and O–H groups in total. The van der Waals surface area contributed by atoms with Gasteiger partial charge in [-0.3, -0.25) is 0 Å². The van der Waals surface area contributed by atoms with Gasteiger partial charge in [0.05, 0.1) is 18.2 Å². The maximum Gasteiger partial charge on any atom is 0.335 e. The predicted octanol–water partition coefficient (Wildman–Crippen LogP) is 7.00. The summed E-state index contributed by atoms with van der Waals surface area (Å²) in [6, 6.07) is 14.6. The van der Waals surface area contributed by atoms with Crippen LogP contribution in [0, 0.1) is 0 Å². The monoisotopic (exact) mass is 448 g/mol. The van der Waals surface area contributed by atoms with Gasteiger partial charge in [-0.15, -0.1) is 0 Å². The number of hydrogen-bond donors (Lipinski definition) is 1. The van der Waals surface area contributed by atoms with Crippen molar-refractivity contribution in [3.63, 3.8) is 0 Å². The van der Waals surface area contributed by atoms with Crippen molar-refractivity contribution in [3.8, 4) is 5.75 Å². The van der Waals surface area contributed by atoms with Crippen LogP contribution in [0.2, 0.25) is 0 Å². The molecule has 33 heavy (non-hydrogen) atoms. The topological polar surface area (TPSA) is 100 Å². The van der Waals surface area contributed by atoms with Crippen LogP contribution in [-0.4, -0.2) is 28.3 Å². The van der Waals surface area contributed by atoms with E-state index >= 15 is 0 Å². The van der Waals surface area contributed by atoms with E-state index < -0.39 is 12.0 Å². The number of benzene rings is 2. The summed E-state index contributed by atoms with van der Waals surface area (Å²) in [6.45, 7) is 2.93. The second kappa shape index (κ2) is 12.6. The molecule has 0 saturated carbocycles. The van der Waals surface area contributed by atoms with E-state index in [2.05, 4.69) is 29.1 Å². The van der Waals surface area contributed by atoms with E-state index in [-0.39, 0.29) is 12.2 Å². The molecular weight excluding hydrogens is 416 g/mol. The first-order valence-corrected chi connectivity index (χ1v) is 11.7. The summed E-state index contributed by atoms with van der Waals surface area (Å²) in [5, 5.41) is 13.9. The maximum absolute atomic E-state index is 11.2. The van der Waals surface area contributed by atoms with Gasteiger partial charge in [-0.25, -0.2) is 4.79 Å². The Balaban J connectivity index is 1.53. The van der Waals surface area contributed by atoms with Gasteiger partial charge < -0.3 is 14.4 Å². The molecule has 0 aliphatic rings. The Hall–Kier alpha value is -3.44. The van der Waals surface area contributed by atoms with Crippen molar-refractivity contribution in [2.45, 2.75) is 64.5 Å². The second-order valence-electron chi connectivity index (χ2n) is 8.38. The molecule has 0 saturated heterocycles. The van der Waals surface area contributed by atoms with Gasteiger partial charge in [0, 0.05) is 28.6 Å². The lowest BCUT2D eigenvalue weighted by molar-refractivity contribution is 0.0697. The SMILES string of the molecule is CCCCCCCCc1ccc(OCC(Cn2ccc3cc(C(=O)O)ccc32)N=[N+]=[N-])cc1. The van der Waals surface area contributed by atoms with Crippen LogP contribution < -0.4 is 4.74 Å². The van der Waals surface area contributed by atoms with E-state index in [0.717, 1.165) is 23.1 Å². The Bertz CT molecular complexity index is 1080. The summed E-state index contributed by atoms with van der Waals surface area (Å²) in [4.78, 5) is 14.2. The third kappa shape index (κ3) is 7.29. The molecular formula is C26H32N4O3. The smallest absolute Gasteiger partial charge is 0.335 e. The molecule has 1 aromatic heterocycles. The Morgan fingerprint density at radius 2 is 1.85 bits per heavy atom. The number of azide groups is 1. The van der Waals surface area contributed by atoms with Crippen molar-refractivity contribution in [2.75, 3.05) is 6.61 Å². The molecule has 3 aromatic rings. The minimum atomic E-state index is -0.956. The first-order chi connectivity index (χ1) is 16.1. The fraction of sp³-hybridized carbons (Fsp3) is 0.423. The van der Waals surface area contributed by atoms with Crippen LogP contribution in [0.4, 0.5) is 0 Å². The lowest BCUT2D eigenvalue weighted by Gasteiger charge is -2.15. The van der Waals surface area contributed by atoms with E-state index in [0.29, 0.717) is 6.54 Å². The van der Waals surface area contributed by atoms with Gasteiger partial charge in [-0.05, 0) is 60.3 Å². The molecule has 0 amide bonds. The van der Waals surface area contributed by atoms with Crippen LogP contribution in [0.25, 0.3) is 21.3 Å². The molecule has 7 heteroatoms. The van der Waals surface area contributed by atoms with Gasteiger partial charge in [-0.1, -0.05) is 56.3 Å². The molecule has 0 spiro atoms. The number of unbranched alkanes of at least 4 members (excludes halogenated alkanes) is 5. The average molecular weight is 449 g/mol. The van der Waals surface area contributed by atoms with E-state index in [1.54, 1.807) is 18.2 Å². The van der Waals surface area contributed by atoms with Gasteiger partial charge in [0.15, 0.2) is 0 Å². The maximum atomic E-state index is 11.2. The van der Waals surface area contributed by atoms with E-state index in [1.807, 2.05) is 29.0 Å². The van der Waals surface area contributed by atoms with Gasteiger partial charge in [0.25, 0.3) is 0 Å². The molecule has 1 heterocycles. The zero-order valence-electron chi connectivity index (χ0n) is 19.2. The Labute approximate surface area is 194 Å². The highest BCUT2D eigenvalue weighted by molar-refractivity contribution is 5.93. The van der Waals surface area contributed by atoms with E-state index in [1.165, 1.54) is 44.1 Å². The van der Waals surface area contributed by atoms with Crippen molar-refractivity contribution in [1.29, 1.82) is 0 Å². The summed E-state index contributed by atoms with van der Waals surface area (Å²) in [5.41, 5.74) is 11.4. The molecule has 1 unspecified atom stereocenters. The third-order valence-electron chi connectivity index (χ3n) is 5.83. The third-order valence-corrected chi connectivity index (χ3v) is 5.83. The summed E-state index contributed by atoms with van der Waals surface area (Å²) < 4.78 is 7.85. The molecule has 0 bridgehead atoms. The average Bonchev–Trinajstić information content (AvgIpc) is 3.22. The quantitative estimate of drug-likeness (QED) is 0.124. The van der Waals surface area contributed by atoms with Crippen LogP contribution >= 0.6 is 0 Å². The van der Waals surface area contributed by atoms with Crippen molar-refractivity contribution in [1.82, 2.24) is 4.57 Å². The van der Waals surface area contributed by atoms with Crippen molar-refractivity contribution in [3.05, 3.63) is 76.3 Å². The molecule has 0 fully saturated rings. The first-order valence-electron chi connectivity index (χ1n) is 11.7. The number of aromatic carboxylic acids is 1. The highest BCUT2D eigenvalue weighted by atomic mass is 16.5. The number of nitrogens with zero attached hydrogens (tertiary/aromatic N) is 4. The van der Waals surface area contributed by atoms with Gasteiger partial charge in [0.1, 0.15) is 5.75 Å². The number of carbonyl (C=O) groups is 1. The van der Waals surface area contributed by atoms with E-state index in [4.69, 9.17) is 15.4 Å². The first kappa shape index (κ1) is 24.2. The molecule has 0 radical (unpaired) electrons. The molecule has 7 nitrogen and oxygen atoms in total. The number of aromatic nitrogens is 1. The number of fused-ring (bicyclic) bond motifs is 1. The summed E-state index contributed by atoms with van der Waals surface area (Å²) in [5.74, 6) is -0.203. The fourth-order valence-electron chi connectivity index (χ4n) is 3.97. The van der Waals surface area contributed by atoms with Crippen molar-refractivity contribution in [2.24, 2.45) is 5.11 Å². The standard InChI is InChI=1S/C26H32N4O3/c1-2-3-4-5-6-7-8-20-9-12-24(13-10-20)33-19-23(28-29-27)18-30-16-15-21-17-22(26(31)32)11-14-25(21)30/h9-17,23H,2-8,18-19H2,1H3,(H,31,32). The number of hydrogen-bond acceptors (Lipinski definition) is 3. The fourth-order valence-corrected chi connectivity index (χ4v) is 3.97. The molecule has 1 atom stereocenters. The summed E-state index contributed by atoms with van der Waals surface area (Å²) >= 11 is 0. The normalized spacial score (nSPS) is 11.8. The zero-order valence-corrected chi connectivity index (χ0v) is 19.2. The van der Waals surface area contributed by atoms with Gasteiger partial charge >= 0.3 is 5.97 Å². The Morgan fingerprint density at radius 1 is 1.09 bits per heavy atom. The second-order valence-corrected chi connectivity index (χ2v) is 8.38. The minimum absolute atomic E-state index is 0.245. The molecule has 3 rings (SSSR count). The molecule has 174 valence electrons. The Kier molecular flexibility index (Phi) is 9.21. The van der Waals surface area contributed by atoms with Crippen molar-refractivity contribution < 1.29 is 14.6 Å². The van der Waals surface area contributed by atoms with Gasteiger partial charge in [-0.2, -0.15) is 0 Å². The van der Waals surface area contributed by atoms with Crippen molar-refractivity contribution >= 4 is 16.9 Å². The van der Waals surface area contributed by atoms with Crippen LogP contribution in [0.1, 0.15) is 61.4 Å². The molecule has 2 aromatic carbocycles. The highest BCUT2D eigenvalue weighted by Gasteiger charge is 2.12. The number of ether oxygens (including phenoxy) is 1. The van der Waals surface area contributed by atoms with Crippen LogP contribution in [0.5, 0.6) is 5.75 Å². The summed E-state index contributed by atoms with van der Waals surface area (Å²) in [7, 11) is 0. The number of rotatable bonds is 14. The predicted molar refractivity (Wildman–Crippen MR) is 131 cm³/mol. The molecule has 0 aliphatic heterocycles. The lowest BCUT2D eigenvalue weighted by Crippen LogP contribution is -2.21.